The second-order valence-corrected chi connectivity index (χ2v) is 6.39. The first-order chi connectivity index (χ1) is 9.20. The van der Waals surface area contributed by atoms with Crippen LogP contribution in [0.4, 0.5) is 5.00 Å². The van der Waals surface area contributed by atoms with Crippen LogP contribution in [-0.2, 0) is 6.42 Å². The zero-order chi connectivity index (χ0) is 13.4. The van der Waals surface area contributed by atoms with Crippen molar-refractivity contribution in [2.24, 2.45) is 0 Å². The van der Waals surface area contributed by atoms with E-state index in [2.05, 4.69) is 27.8 Å². The van der Waals surface area contributed by atoms with Crippen molar-refractivity contribution in [3.63, 3.8) is 0 Å². The van der Waals surface area contributed by atoms with E-state index in [4.69, 9.17) is 5.73 Å². The molecule has 1 fully saturated rings. The van der Waals surface area contributed by atoms with Gasteiger partial charge in [-0.1, -0.05) is 19.8 Å². The summed E-state index contributed by atoms with van der Waals surface area (Å²) in [7, 11) is 0. The van der Waals surface area contributed by atoms with E-state index < -0.39 is 0 Å². The molecule has 0 aromatic carbocycles. The first kappa shape index (κ1) is 12.7. The fraction of sp³-hybridized carbons (Fsp3) is 0.571. The molecule has 2 aromatic rings. The quantitative estimate of drug-likeness (QED) is 0.932. The first-order valence-electron chi connectivity index (χ1n) is 7.00. The van der Waals surface area contributed by atoms with Crippen molar-refractivity contribution in [3.8, 4) is 11.4 Å². The SMILES string of the molecule is CCc1cc(-c2nnc(C)n2C2CCCC2)c(N)s1. The number of thiophene rings is 1. The van der Waals surface area contributed by atoms with E-state index in [9.17, 15) is 0 Å². The summed E-state index contributed by atoms with van der Waals surface area (Å²) in [5.41, 5.74) is 7.23. The summed E-state index contributed by atoms with van der Waals surface area (Å²) in [5.74, 6) is 1.96. The zero-order valence-electron chi connectivity index (χ0n) is 11.5. The lowest BCUT2D eigenvalue weighted by Gasteiger charge is -2.15. The average molecular weight is 276 g/mol. The largest absolute Gasteiger partial charge is 0.390 e. The van der Waals surface area contributed by atoms with E-state index in [1.165, 1.54) is 30.6 Å². The number of hydrogen-bond acceptors (Lipinski definition) is 4. The Hall–Kier alpha value is -1.36. The Morgan fingerprint density at radius 3 is 2.74 bits per heavy atom. The lowest BCUT2D eigenvalue weighted by atomic mass is 10.2. The molecule has 0 radical (unpaired) electrons. The first-order valence-corrected chi connectivity index (χ1v) is 7.82. The van der Waals surface area contributed by atoms with Crippen LogP contribution in [0.3, 0.4) is 0 Å². The van der Waals surface area contributed by atoms with E-state index >= 15 is 0 Å². The molecule has 3 rings (SSSR count). The normalized spacial score (nSPS) is 16.3. The summed E-state index contributed by atoms with van der Waals surface area (Å²) in [6, 6.07) is 2.73. The Balaban J connectivity index is 2.06. The summed E-state index contributed by atoms with van der Waals surface area (Å²) >= 11 is 1.67. The lowest BCUT2D eigenvalue weighted by molar-refractivity contribution is 0.510. The van der Waals surface area contributed by atoms with E-state index in [1.54, 1.807) is 11.3 Å². The molecule has 2 aromatic heterocycles. The number of rotatable bonds is 3. The van der Waals surface area contributed by atoms with Gasteiger partial charge in [-0.2, -0.15) is 0 Å². The molecule has 0 amide bonds. The molecule has 2 heterocycles. The second kappa shape index (κ2) is 4.96. The number of nitrogen functional groups attached to an aromatic ring is 1. The summed E-state index contributed by atoms with van der Waals surface area (Å²) < 4.78 is 2.30. The minimum atomic E-state index is 0.550. The Bertz CT molecular complexity index is 578. The highest BCUT2D eigenvalue weighted by molar-refractivity contribution is 7.16. The fourth-order valence-electron chi connectivity index (χ4n) is 2.96. The summed E-state index contributed by atoms with van der Waals surface area (Å²) in [6.45, 7) is 4.19. The topological polar surface area (TPSA) is 56.7 Å². The van der Waals surface area contributed by atoms with Gasteiger partial charge in [0.15, 0.2) is 5.82 Å². The van der Waals surface area contributed by atoms with Crippen molar-refractivity contribution >= 4 is 16.3 Å². The van der Waals surface area contributed by atoms with Crippen LogP contribution in [0.15, 0.2) is 6.07 Å². The van der Waals surface area contributed by atoms with Crippen molar-refractivity contribution in [1.82, 2.24) is 14.8 Å². The monoisotopic (exact) mass is 276 g/mol. The maximum absolute atomic E-state index is 6.16. The zero-order valence-corrected chi connectivity index (χ0v) is 12.3. The predicted octanol–water partition coefficient (Wildman–Crippen LogP) is 3.57. The van der Waals surface area contributed by atoms with E-state index in [-0.39, 0.29) is 0 Å². The molecule has 1 aliphatic rings. The molecule has 0 unspecified atom stereocenters. The van der Waals surface area contributed by atoms with Gasteiger partial charge in [-0.05, 0) is 32.3 Å². The Labute approximate surface area is 117 Å². The highest BCUT2D eigenvalue weighted by Crippen LogP contribution is 2.38. The van der Waals surface area contributed by atoms with Gasteiger partial charge in [0, 0.05) is 10.9 Å². The third-order valence-electron chi connectivity index (χ3n) is 3.96. The highest BCUT2D eigenvalue weighted by atomic mass is 32.1. The van der Waals surface area contributed by atoms with Gasteiger partial charge in [-0.15, -0.1) is 21.5 Å². The molecule has 0 saturated heterocycles. The van der Waals surface area contributed by atoms with Gasteiger partial charge in [0.2, 0.25) is 0 Å². The van der Waals surface area contributed by atoms with Crippen LogP contribution in [0.2, 0.25) is 0 Å². The number of aromatic nitrogens is 3. The molecule has 1 saturated carbocycles. The van der Waals surface area contributed by atoms with E-state index in [0.717, 1.165) is 28.6 Å². The molecule has 0 spiro atoms. The average Bonchev–Trinajstić information content (AvgIpc) is 3.08. The van der Waals surface area contributed by atoms with Gasteiger partial charge >= 0.3 is 0 Å². The lowest BCUT2D eigenvalue weighted by Crippen LogP contribution is -2.08. The van der Waals surface area contributed by atoms with Crippen molar-refractivity contribution in [1.29, 1.82) is 0 Å². The van der Waals surface area contributed by atoms with Gasteiger partial charge in [0.1, 0.15) is 5.82 Å². The third kappa shape index (κ3) is 2.16. The van der Waals surface area contributed by atoms with Gasteiger partial charge < -0.3 is 10.3 Å². The van der Waals surface area contributed by atoms with Crippen LogP contribution in [0.25, 0.3) is 11.4 Å². The van der Waals surface area contributed by atoms with Crippen LogP contribution in [0.5, 0.6) is 0 Å². The molecule has 0 atom stereocenters. The second-order valence-electron chi connectivity index (χ2n) is 5.22. The van der Waals surface area contributed by atoms with Gasteiger partial charge in [0.05, 0.1) is 10.6 Å². The van der Waals surface area contributed by atoms with Gasteiger partial charge in [-0.3, -0.25) is 0 Å². The van der Waals surface area contributed by atoms with Crippen molar-refractivity contribution in [2.45, 2.75) is 52.0 Å². The van der Waals surface area contributed by atoms with Crippen molar-refractivity contribution < 1.29 is 0 Å². The third-order valence-corrected chi connectivity index (χ3v) is 5.07. The molecule has 102 valence electrons. The molecule has 19 heavy (non-hydrogen) atoms. The van der Waals surface area contributed by atoms with Crippen LogP contribution >= 0.6 is 11.3 Å². The maximum Gasteiger partial charge on any atom is 0.167 e. The minimum absolute atomic E-state index is 0.550. The Kier molecular flexibility index (Phi) is 3.31. The molecule has 0 aliphatic heterocycles. The predicted molar refractivity (Wildman–Crippen MR) is 79.4 cm³/mol. The van der Waals surface area contributed by atoms with Crippen LogP contribution < -0.4 is 5.73 Å². The summed E-state index contributed by atoms with van der Waals surface area (Å²) in [6.07, 6.45) is 6.10. The van der Waals surface area contributed by atoms with E-state index in [0.29, 0.717) is 6.04 Å². The number of aryl methyl sites for hydroxylation is 2. The smallest absolute Gasteiger partial charge is 0.167 e. The van der Waals surface area contributed by atoms with E-state index in [1.807, 2.05) is 6.92 Å². The molecular formula is C14H20N4S. The minimum Gasteiger partial charge on any atom is -0.390 e. The van der Waals surface area contributed by atoms with Gasteiger partial charge in [0.25, 0.3) is 0 Å². The standard InChI is InChI=1S/C14H20N4S/c1-3-11-8-12(13(15)19-11)14-17-16-9(2)18(14)10-6-4-5-7-10/h8,10H,3-7,15H2,1-2H3. The fourth-order valence-corrected chi connectivity index (χ4v) is 3.82. The maximum atomic E-state index is 6.16. The van der Waals surface area contributed by atoms with Crippen LogP contribution in [-0.4, -0.2) is 14.8 Å². The Morgan fingerprint density at radius 2 is 2.11 bits per heavy atom. The molecule has 5 heteroatoms. The summed E-state index contributed by atoms with van der Waals surface area (Å²) in [4.78, 5) is 1.31. The number of nitrogens with zero attached hydrogens (tertiary/aromatic N) is 3. The van der Waals surface area contributed by atoms with Gasteiger partial charge in [-0.25, -0.2) is 0 Å². The molecular weight excluding hydrogens is 256 g/mol. The van der Waals surface area contributed by atoms with Crippen LogP contribution in [0, 0.1) is 6.92 Å². The number of anilines is 1. The number of nitrogens with two attached hydrogens (primary N) is 1. The molecule has 2 N–H and O–H groups in total. The van der Waals surface area contributed by atoms with Crippen molar-refractivity contribution in [3.05, 3.63) is 16.8 Å². The summed E-state index contributed by atoms with van der Waals surface area (Å²) in [5, 5.41) is 9.52. The molecule has 1 aliphatic carbocycles. The highest BCUT2D eigenvalue weighted by Gasteiger charge is 2.24. The Morgan fingerprint density at radius 1 is 1.37 bits per heavy atom. The van der Waals surface area contributed by atoms with Crippen molar-refractivity contribution in [2.75, 3.05) is 5.73 Å². The molecule has 0 bridgehead atoms. The van der Waals surface area contributed by atoms with Crippen LogP contribution in [0.1, 0.15) is 49.4 Å². The molecule has 4 nitrogen and oxygen atoms in total. The number of hydrogen-bond donors (Lipinski definition) is 1.